The lowest BCUT2D eigenvalue weighted by atomic mass is 10.3. The maximum Gasteiger partial charge on any atom is 0.287 e. The molecular formula is C7H11F2NO2. The number of rotatable bonds is 3. The smallest absolute Gasteiger partial charge is 0.287 e. The standard InChI is InChI=1S/C7H11F2NO2/c8-7(9,5-11)4-10-3-1-2-6(10)12/h11H,1-5H2. The third-order valence-electron chi connectivity index (χ3n) is 1.82. The number of amides is 1. The van der Waals surface area contributed by atoms with E-state index in [1.54, 1.807) is 0 Å². The zero-order valence-corrected chi connectivity index (χ0v) is 6.59. The van der Waals surface area contributed by atoms with Crippen molar-refractivity contribution in [3.8, 4) is 0 Å². The van der Waals surface area contributed by atoms with Crippen molar-refractivity contribution in [1.29, 1.82) is 0 Å². The first-order valence-electron chi connectivity index (χ1n) is 3.82. The van der Waals surface area contributed by atoms with Crippen LogP contribution in [0.3, 0.4) is 0 Å². The molecule has 1 heterocycles. The van der Waals surface area contributed by atoms with E-state index in [0.29, 0.717) is 19.4 Å². The van der Waals surface area contributed by atoms with E-state index in [1.165, 1.54) is 0 Å². The van der Waals surface area contributed by atoms with Gasteiger partial charge in [0.15, 0.2) is 0 Å². The van der Waals surface area contributed by atoms with Gasteiger partial charge in [0.05, 0.1) is 6.54 Å². The van der Waals surface area contributed by atoms with Gasteiger partial charge in [0.25, 0.3) is 5.92 Å². The van der Waals surface area contributed by atoms with Crippen LogP contribution in [-0.4, -0.2) is 41.5 Å². The van der Waals surface area contributed by atoms with E-state index in [2.05, 4.69) is 0 Å². The highest BCUT2D eigenvalue weighted by Gasteiger charge is 2.34. The molecule has 70 valence electrons. The lowest BCUT2D eigenvalue weighted by Crippen LogP contribution is -2.39. The first kappa shape index (κ1) is 9.38. The summed E-state index contributed by atoms with van der Waals surface area (Å²) in [5, 5.41) is 8.25. The van der Waals surface area contributed by atoms with Crippen molar-refractivity contribution in [2.75, 3.05) is 19.7 Å². The van der Waals surface area contributed by atoms with Gasteiger partial charge in [-0.25, -0.2) is 8.78 Å². The summed E-state index contributed by atoms with van der Waals surface area (Å²) in [6.07, 6.45) is 0.988. The maximum atomic E-state index is 12.5. The largest absolute Gasteiger partial charge is 0.390 e. The second-order valence-electron chi connectivity index (χ2n) is 2.93. The number of carbonyl (C=O) groups excluding carboxylic acids is 1. The fourth-order valence-corrected chi connectivity index (χ4v) is 1.20. The van der Waals surface area contributed by atoms with Crippen LogP contribution in [-0.2, 0) is 4.79 Å². The summed E-state index contributed by atoms with van der Waals surface area (Å²) in [6.45, 7) is -1.46. The molecule has 0 atom stereocenters. The molecule has 5 heteroatoms. The zero-order valence-electron chi connectivity index (χ0n) is 6.59. The third kappa shape index (κ3) is 2.14. The van der Waals surface area contributed by atoms with Gasteiger partial charge < -0.3 is 10.0 Å². The molecule has 0 unspecified atom stereocenters. The van der Waals surface area contributed by atoms with Crippen molar-refractivity contribution in [2.24, 2.45) is 0 Å². The summed E-state index contributed by atoms with van der Waals surface area (Å²) in [6, 6.07) is 0. The zero-order chi connectivity index (χ0) is 9.19. The lowest BCUT2D eigenvalue weighted by molar-refractivity contribution is -0.134. The molecule has 0 saturated carbocycles. The van der Waals surface area contributed by atoms with Gasteiger partial charge in [0.1, 0.15) is 6.61 Å². The Balaban J connectivity index is 2.45. The molecule has 0 bridgehead atoms. The molecule has 0 spiro atoms. The highest BCUT2D eigenvalue weighted by molar-refractivity contribution is 5.78. The number of carbonyl (C=O) groups is 1. The van der Waals surface area contributed by atoms with Crippen LogP contribution in [0.25, 0.3) is 0 Å². The normalized spacial score (nSPS) is 18.9. The van der Waals surface area contributed by atoms with Crippen LogP contribution in [0.4, 0.5) is 8.78 Å². The van der Waals surface area contributed by atoms with E-state index in [1.807, 2.05) is 0 Å². The van der Waals surface area contributed by atoms with Gasteiger partial charge in [-0.15, -0.1) is 0 Å². The first-order valence-corrected chi connectivity index (χ1v) is 3.82. The Hall–Kier alpha value is -0.710. The average molecular weight is 179 g/mol. The second-order valence-corrected chi connectivity index (χ2v) is 2.93. The van der Waals surface area contributed by atoms with Crippen molar-refractivity contribution in [2.45, 2.75) is 18.8 Å². The molecule has 1 aliphatic heterocycles. The maximum absolute atomic E-state index is 12.5. The highest BCUT2D eigenvalue weighted by atomic mass is 19.3. The van der Waals surface area contributed by atoms with Crippen LogP contribution in [0.5, 0.6) is 0 Å². The molecule has 0 aromatic rings. The summed E-state index contributed by atoms with van der Waals surface area (Å²) in [5.74, 6) is -3.40. The fourth-order valence-electron chi connectivity index (χ4n) is 1.20. The Morgan fingerprint density at radius 3 is 2.67 bits per heavy atom. The Labute approximate surface area is 69.0 Å². The molecule has 1 amide bonds. The summed E-state index contributed by atoms with van der Waals surface area (Å²) in [4.78, 5) is 12.0. The second kappa shape index (κ2) is 3.35. The molecule has 0 radical (unpaired) electrons. The minimum absolute atomic E-state index is 0.247. The van der Waals surface area contributed by atoms with Gasteiger partial charge in [-0.05, 0) is 6.42 Å². The molecule has 12 heavy (non-hydrogen) atoms. The van der Waals surface area contributed by atoms with E-state index >= 15 is 0 Å². The van der Waals surface area contributed by atoms with Crippen molar-refractivity contribution in [1.82, 2.24) is 4.90 Å². The van der Waals surface area contributed by atoms with E-state index in [-0.39, 0.29) is 5.91 Å². The van der Waals surface area contributed by atoms with Crippen molar-refractivity contribution >= 4 is 5.91 Å². The quantitative estimate of drug-likeness (QED) is 0.674. The van der Waals surface area contributed by atoms with Gasteiger partial charge in [-0.2, -0.15) is 0 Å². The van der Waals surface area contributed by atoms with E-state index in [0.717, 1.165) is 4.90 Å². The average Bonchev–Trinajstić information content (AvgIpc) is 2.36. The molecule has 1 saturated heterocycles. The van der Waals surface area contributed by atoms with E-state index in [4.69, 9.17) is 5.11 Å². The fraction of sp³-hybridized carbons (Fsp3) is 0.857. The minimum Gasteiger partial charge on any atom is -0.390 e. The number of nitrogens with zero attached hydrogens (tertiary/aromatic N) is 1. The van der Waals surface area contributed by atoms with Crippen LogP contribution in [0, 0.1) is 0 Å². The monoisotopic (exact) mass is 179 g/mol. The molecule has 1 fully saturated rings. The molecule has 0 aromatic heterocycles. The number of hydrogen-bond donors (Lipinski definition) is 1. The highest BCUT2D eigenvalue weighted by Crippen LogP contribution is 2.18. The Morgan fingerprint density at radius 2 is 2.25 bits per heavy atom. The van der Waals surface area contributed by atoms with Crippen LogP contribution >= 0.6 is 0 Å². The number of aliphatic hydroxyl groups excluding tert-OH is 1. The summed E-state index contributed by atoms with van der Waals surface area (Å²) < 4.78 is 25.1. The number of alkyl halides is 2. The van der Waals surface area contributed by atoms with Crippen molar-refractivity contribution in [3.05, 3.63) is 0 Å². The van der Waals surface area contributed by atoms with Gasteiger partial charge in [-0.3, -0.25) is 4.79 Å². The summed E-state index contributed by atoms with van der Waals surface area (Å²) >= 11 is 0. The minimum atomic E-state index is -3.15. The molecule has 0 aliphatic carbocycles. The van der Waals surface area contributed by atoms with Gasteiger partial charge >= 0.3 is 0 Å². The number of aliphatic hydroxyl groups is 1. The van der Waals surface area contributed by atoms with Crippen LogP contribution in [0.1, 0.15) is 12.8 Å². The molecule has 1 N–H and O–H groups in total. The topological polar surface area (TPSA) is 40.5 Å². The third-order valence-corrected chi connectivity index (χ3v) is 1.82. The van der Waals surface area contributed by atoms with Crippen molar-refractivity contribution < 1.29 is 18.7 Å². The summed E-state index contributed by atoms with van der Waals surface area (Å²) in [5.41, 5.74) is 0. The predicted molar refractivity (Wildman–Crippen MR) is 37.8 cm³/mol. The van der Waals surface area contributed by atoms with Gasteiger partial charge in [0.2, 0.25) is 5.91 Å². The van der Waals surface area contributed by atoms with Crippen LogP contribution in [0.2, 0.25) is 0 Å². The summed E-state index contributed by atoms with van der Waals surface area (Å²) in [7, 11) is 0. The molecule has 1 rings (SSSR count). The molecule has 1 aliphatic rings. The first-order chi connectivity index (χ1) is 5.55. The van der Waals surface area contributed by atoms with E-state index in [9.17, 15) is 13.6 Å². The lowest BCUT2D eigenvalue weighted by Gasteiger charge is -2.21. The molecular weight excluding hydrogens is 168 g/mol. The van der Waals surface area contributed by atoms with Crippen molar-refractivity contribution in [3.63, 3.8) is 0 Å². The Morgan fingerprint density at radius 1 is 1.58 bits per heavy atom. The number of likely N-dealkylation sites (tertiary alicyclic amines) is 1. The van der Waals surface area contributed by atoms with Gasteiger partial charge in [0, 0.05) is 13.0 Å². The molecule has 3 nitrogen and oxygen atoms in total. The van der Waals surface area contributed by atoms with Gasteiger partial charge in [-0.1, -0.05) is 0 Å². The van der Waals surface area contributed by atoms with E-state index < -0.39 is 19.1 Å². The SMILES string of the molecule is O=C1CCCN1CC(F)(F)CO. The predicted octanol–water partition coefficient (Wildman–Crippen LogP) is 0.236. The number of hydrogen-bond acceptors (Lipinski definition) is 2. The Kier molecular flexibility index (Phi) is 2.62. The molecule has 0 aromatic carbocycles. The Bertz CT molecular complexity index is 184. The van der Waals surface area contributed by atoms with Crippen LogP contribution in [0.15, 0.2) is 0 Å². The number of halogens is 2. The van der Waals surface area contributed by atoms with Crippen LogP contribution < -0.4 is 0 Å².